The van der Waals surface area contributed by atoms with Crippen molar-refractivity contribution in [3.63, 3.8) is 0 Å². The molecule has 0 aliphatic rings. The molecule has 0 saturated carbocycles. The van der Waals surface area contributed by atoms with E-state index in [1.165, 1.54) is 11.8 Å². The Morgan fingerprint density at radius 3 is 3.06 bits per heavy atom. The first-order valence-corrected chi connectivity index (χ1v) is 6.69. The van der Waals surface area contributed by atoms with Crippen molar-refractivity contribution in [2.75, 3.05) is 11.9 Å². The molecule has 0 aromatic carbocycles. The van der Waals surface area contributed by atoms with Gasteiger partial charge in [-0.1, -0.05) is 23.1 Å². The molecule has 16 heavy (non-hydrogen) atoms. The number of nitrogens with zero attached hydrogens (tertiary/aromatic N) is 3. The lowest BCUT2D eigenvalue weighted by Gasteiger charge is -1.92. The maximum absolute atomic E-state index is 5.23. The normalized spacial score (nSPS) is 10.6. The zero-order valence-electron chi connectivity index (χ0n) is 9.06. The summed E-state index contributed by atoms with van der Waals surface area (Å²) < 4.78 is 5.23. The van der Waals surface area contributed by atoms with Crippen LogP contribution in [-0.4, -0.2) is 21.7 Å². The number of nitrogens with one attached hydrogen (secondary N) is 1. The van der Waals surface area contributed by atoms with Gasteiger partial charge in [-0.25, -0.2) is 4.98 Å². The third kappa shape index (κ3) is 2.96. The van der Waals surface area contributed by atoms with Crippen molar-refractivity contribution in [3.05, 3.63) is 17.0 Å². The Balaban J connectivity index is 1.89. The van der Waals surface area contributed by atoms with E-state index in [9.17, 15) is 0 Å². The number of hydrogen-bond donors (Lipinski definition) is 1. The molecule has 0 saturated heterocycles. The number of aryl methyl sites for hydroxylation is 1. The van der Waals surface area contributed by atoms with Gasteiger partial charge in [0.25, 0.3) is 5.22 Å². The van der Waals surface area contributed by atoms with Gasteiger partial charge in [0.2, 0.25) is 5.13 Å². The maximum Gasteiger partial charge on any atom is 0.256 e. The molecule has 0 aliphatic carbocycles. The molecule has 86 valence electrons. The Hall–Kier alpha value is -1.08. The van der Waals surface area contributed by atoms with E-state index in [1.807, 2.05) is 13.8 Å². The van der Waals surface area contributed by atoms with Crippen LogP contribution in [-0.2, 0) is 5.75 Å². The largest absolute Gasteiger partial charge is 0.440 e. The summed E-state index contributed by atoms with van der Waals surface area (Å²) in [6.45, 7) is 4.80. The summed E-state index contributed by atoms with van der Waals surface area (Å²) >= 11 is 3.09. The molecular weight excluding hydrogens is 244 g/mol. The van der Waals surface area contributed by atoms with Crippen molar-refractivity contribution in [1.29, 1.82) is 0 Å². The summed E-state index contributed by atoms with van der Waals surface area (Å²) in [5.41, 5.74) is 0.896. The molecule has 2 heterocycles. The van der Waals surface area contributed by atoms with Crippen molar-refractivity contribution in [2.24, 2.45) is 0 Å². The second-order valence-electron chi connectivity index (χ2n) is 3.07. The summed E-state index contributed by atoms with van der Waals surface area (Å²) in [5.74, 6) is 0.739. The summed E-state index contributed by atoms with van der Waals surface area (Å²) in [6, 6.07) is 0. The third-order valence-corrected chi connectivity index (χ3v) is 3.63. The lowest BCUT2D eigenvalue weighted by molar-refractivity contribution is 0.454. The van der Waals surface area contributed by atoms with Crippen LogP contribution in [0.15, 0.2) is 15.9 Å². The summed E-state index contributed by atoms with van der Waals surface area (Å²) in [5, 5.41) is 13.7. The Morgan fingerprint density at radius 1 is 1.50 bits per heavy atom. The van der Waals surface area contributed by atoms with Crippen LogP contribution in [0.2, 0.25) is 0 Å². The van der Waals surface area contributed by atoms with Crippen LogP contribution in [0.5, 0.6) is 0 Å². The van der Waals surface area contributed by atoms with E-state index in [-0.39, 0.29) is 0 Å². The van der Waals surface area contributed by atoms with Gasteiger partial charge in [-0.3, -0.25) is 0 Å². The molecule has 0 unspecified atom stereocenters. The molecule has 0 spiro atoms. The second kappa shape index (κ2) is 5.31. The number of thioether (sulfide) groups is 1. The van der Waals surface area contributed by atoms with E-state index in [2.05, 4.69) is 20.5 Å². The maximum atomic E-state index is 5.23. The molecule has 1 N–H and O–H groups in total. The Kier molecular flexibility index (Phi) is 3.79. The molecule has 0 bridgehead atoms. The van der Waals surface area contributed by atoms with Gasteiger partial charge in [0.1, 0.15) is 11.3 Å². The van der Waals surface area contributed by atoms with Gasteiger partial charge in [0, 0.05) is 6.54 Å². The first-order chi connectivity index (χ1) is 7.78. The van der Waals surface area contributed by atoms with Crippen LogP contribution in [0.1, 0.15) is 17.6 Å². The van der Waals surface area contributed by atoms with E-state index in [4.69, 9.17) is 4.42 Å². The molecule has 0 amide bonds. The lowest BCUT2D eigenvalue weighted by Crippen LogP contribution is -1.94. The highest BCUT2D eigenvalue weighted by Crippen LogP contribution is 2.25. The minimum absolute atomic E-state index is 0.678. The van der Waals surface area contributed by atoms with Crippen molar-refractivity contribution >= 4 is 28.2 Å². The van der Waals surface area contributed by atoms with E-state index < -0.39 is 0 Å². The van der Waals surface area contributed by atoms with Gasteiger partial charge in [0.05, 0.1) is 11.4 Å². The van der Waals surface area contributed by atoms with E-state index in [0.717, 1.165) is 28.1 Å². The molecule has 0 aliphatic heterocycles. The van der Waals surface area contributed by atoms with Gasteiger partial charge in [-0.05, 0) is 13.8 Å². The average Bonchev–Trinajstić information content (AvgIpc) is 2.85. The fourth-order valence-electron chi connectivity index (χ4n) is 1.06. The Labute approximate surface area is 102 Å². The van der Waals surface area contributed by atoms with Gasteiger partial charge in [-0.15, -0.1) is 10.2 Å². The number of aromatic nitrogens is 3. The number of anilines is 1. The van der Waals surface area contributed by atoms with Crippen LogP contribution in [0.4, 0.5) is 5.13 Å². The highest BCUT2D eigenvalue weighted by molar-refractivity contribution is 7.98. The van der Waals surface area contributed by atoms with Gasteiger partial charge >= 0.3 is 0 Å². The van der Waals surface area contributed by atoms with Crippen LogP contribution < -0.4 is 5.32 Å². The monoisotopic (exact) mass is 256 g/mol. The topological polar surface area (TPSA) is 63.8 Å². The zero-order valence-corrected chi connectivity index (χ0v) is 10.7. The minimum Gasteiger partial charge on any atom is -0.440 e. The van der Waals surface area contributed by atoms with Crippen molar-refractivity contribution < 1.29 is 4.42 Å². The summed E-state index contributed by atoms with van der Waals surface area (Å²) in [4.78, 5) is 4.21. The fourth-order valence-corrected chi connectivity index (χ4v) is 2.70. The predicted octanol–water partition coefficient (Wildman–Crippen LogP) is 2.56. The smallest absolute Gasteiger partial charge is 0.256 e. The molecule has 0 fully saturated rings. The highest BCUT2D eigenvalue weighted by atomic mass is 32.2. The van der Waals surface area contributed by atoms with Crippen molar-refractivity contribution in [3.8, 4) is 0 Å². The average molecular weight is 256 g/mol. The molecule has 2 aromatic heterocycles. The molecule has 0 radical (unpaired) electrons. The predicted molar refractivity (Wildman–Crippen MR) is 64.9 cm³/mol. The fraction of sp³-hybridized carbons (Fsp3) is 0.444. The molecule has 2 rings (SSSR count). The molecular formula is C9H12N4OS2. The van der Waals surface area contributed by atoms with Crippen LogP contribution in [0.3, 0.4) is 0 Å². The minimum atomic E-state index is 0.678. The third-order valence-electron chi connectivity index (χ3n) is 1.71. The molecule has 0 atom stereocenters. The summed E-state index contributed by atoms with van der Waals surface area (Å²) in [6.07, 6.45) is 1.65. The molecule has 5 nitrogen and oxygen atoms in total. The van der Waals surface area contributed by atoms with E-state index >= 15 is 0 Å². The Bertz CT molecular complexity index is 454. The lowest BCUT2D eigenvalue weighted by atomic mass is 10.6. The summed E-state index contributed by atoms with van der Waals surface area (Å²) in [7, 11) is 0. The van der Waals surface area contributed by atoms with Crippen molar-refractivity contribution in [1.82, 2.24) is 15.2 Å². The van der Waals surface area contributed by atoms with Crippen LogP contribution in [0.25, 0.3) is 0 Å². The van der Waals surface area contributed by atoms with Crippen molar-refractivity contribution in [2.45, 2.75) is 24.8 Å². The molecule has 2 aromatic rings. The van der Waals surface area contributed by atoms with Crippen LogP contribution in [0, 0.1) is 6.92 Å². The number of rotatable bonds is 5. The number of hydrogen-bond acceptors (Lipinski definition) is 7. The van der Waals surface area contributed by atoms with Gasteiger partial charge < -0.3 is 9.73 Å². The molecule has 7 heteroatoms. The van der Waals surface area contributed by atoms with E-state index in [0.29, 0.717) is 5.22 Å². The number of oxazole rings is 1. The Morgan fingerprint density at radius 2 is 2.38 bits per heavy atom. The van der Waals surface area contributed by atoms with Gasteiger partial charge in [-0.2, -0.15) is 0 Å². The SMILES string of the molecule is CCNc1nnc(CSc2nc(C)co2)s1. The first-order valence-electron chi connectivity index (χ1n) is 4.89. The van der Waals surface area contributed by atoms with Gasteiger partial charge in [0.15, 0.2) is 0 Å². The zero-order chi connectivity index (χ0) is 11.4. The quantitative estimate of drug-likeness (QED) is 0.829. The second-order valence-corrected chi connectivity index (χ2v) is 5.06. The first kappa shape index (κ1) is 11.4. The highest BCUT2D eigenvalue weighted by Gasteiger charge is 2.06. The standard InChI is InChI=1S/C9H12N4OS2/c1-3-10-8-13-12-7(16-8)5-15-9-11-6(2)4-14-9/h4H,3,5H2,1-2H3,(H,10,13). The van der Waals surface area contributed by atoms with Crippen LogP contribution >= 0.6 is 23.1 Å². The van der Waals surface area contributed by atoms with E-state index in [1.54, 1.807) is 17.6 Å².